The summed E-state index contributed by atoms with van der Waals surface area (Å²) in [5.74, 6) is -0.729. The summed E-state index contributed by atoms with van der Waals surface area (Å²) in [7, 11) is 0. The van der Waals surface area contributed by atoms with E-state index in [0.29, 0.717) is 11.3 Å². The summed E-state index contributed by atoms with van der Waals surface area (Å²) in [4.78, 5) is 10.7. The first kappa shape index (κ1) is 12.7. The van der Waals surface area contributed by atoms with Gasteiger partial charge in [-0.05, 0) is 13.0 Å². The summed E-state index contributed by atoms with van der Waals surface area (Å²) in [5.41, 5.74) is 0.550. The third-order valence-corrected chi connectivity index (χ3v) is 2.17. The lowest BCUT2D eigenvalue weighted by Crippen LogP contribution is -2.35. The molecule has 90 valence electrons. The molecule has 0 unspecified atom stereocenters. The van der Waals surface area contributed by atoms with Gasteiger partial charge in [-0.3, -0.25) is 0 Å². The maximum absolute atomic E-state index is 10.7. The van der Waals surface area contributed by atoms with Crippen LogP contribution < -0.4 is 5.32 Å². The number of aliphatic hydroxyl groups is 2. The first-order valence-electron chi connectivity index (χ1n) is 4.86. The molecule has 1 rings (SSSR count). The molecule has 0 atom stereocenters. The van der Waals surface area contributed by atoms with Gasteiger partial charge in [-0.1, -0.05) is 0 Å². The Morgan fingerprint density at radius 3 is 2.56 bits per heavy atom. The number of rotatable bonds is 6. The van der Waals surface area contributed by atoms with Crippen LogP contribution in [0.2, 0.25) is 0 Å². The minimum absolute atomic E-state index is 0.0821. The van der Waals surface area contributed by atoms with Crippen LogP contribution in [0.4, 0.5) is 0 Å². The van der Waals surface area contributed by atoms with E-state index in [1.165, 1.54) is 0 Å². The van der Waals surface area contributed by atoms with Crippen molar-refractivity contribution in [2.24, 2.45) is 0 Å². The zero-order valence-electron chi connectivity index (χ0n) is 8.93. The normalized spacial score (nSPS) is 11.0. The molecule has 0 fully saturated rings. The quantitative estimate of drug-likeness (QED) is 0.535. The highest BCUT2D eigenvalue weighted by molar-refractivity contribution is 5.86. The average molecular weight is 229 g/mol. The van der Waals surface area contributed by atoms with Crippen molar-refractivity contribution in [3.8, 4) is 0 Å². The smallest absolute Gasteiger partial charge is 0.372 e. The Morgan fingerprint density at radius 1 is 1.50 bits per heavy atom. The van der Waals surface area contributed by atoms with Gasteiger partial charge in [-0.2, -0.15) is 0 Å². The molecule has 0 aliphatic rings. The maximum Gasteiger partial charge on any atom is 0.372 e. The molecule has 0 saturated carbocycles. The highest BCUT2D eigenvalue weighted by atomic mass is 16.4. The Kier molecular flexibility index (Phi) is 4.48. The first-order chi connectivity index (χ1) is 7.58. The van der Waals surface area contributed by atoms with Crippen LogP contribution in [0.25, 0.3) is 0 Å². The molecule has 0 amide bonds. The van der Waals surface area contributed by atoms with E-state index in [1.807, 2.05) is 0 Å². The number of carboxylic acid groups (broad SMARTS) is 1. The number of hydrogen-bond donors (Lipinski definition) is 4. The molecule has 1 aromatic rings. The molecule has 1 heterocycles. The van der Waals surface area contributed by atoms with Crippen LogP contribution in [0.5, 0.6) is 0 Å². The molecule has 0 aromatic carbocycles. The molecule has 0 bridgehead atoms. The second kappa shape index (κ2) is 5.64. The summed E-state index contributed by atoms with van der Waals surface area (Å²) in [6.07, 6.45) is 0. The summed E-state index contributed by atoms with van der Waals surface area (Å²) in [5, 5.41) is 29.2. The van der Waals surface area contributed by atoms with Gasteiger partial charge in [-0.25, -0.2) is 4.79 Å². The average Bonchev–Trinajstić information content (AvgIpc) is 2.61. The number of nitrogens with one attached hydrogen (secondary N) is 1. The van der Waals surface area contributed by atoms with Gasteiger partial charge in [0.05, 0.1) is 25.8 Å². The van der Waals surface area contributed by atoms with Crippen LogP contribution in [-0.2, 0) is 6.54 Å². The van der Waals surface area contributed by atoms with Gasteiger partial charge >= 0.3 is 5.97 Å². The molecule has 0 aliphatic carbocycles. The van der Waals surface area contributed by atoms with E-state index in [2.05, 4.69) is 5.32 Å². The molecule has 16 heavy (non-hydrogen) atoms. The summed E-state index contributed by atoms with van der Waals surface area (Å²) in [6.45, 7) is 1.52. The fraction of sp³-hybridized carbons (Fsp3) is 0.500. The summed E-state index contributed by atoms with van der Waals surface area (Å²) >= 11 is 0. The van der Waals surface area contributed by atoms with E-state index in [-0.39, 0.29) is 25.5 Å². The lowest BCUT2D eigenvalue weighted by molar-refractivity contribution is 0.0658. The lowest BCUT2D eigenvalue weighted by Gasteiger charge is -2.11. The van der Waals surface area contributed by atoms with Gasteiger partial charge in [0.2, 0.25) is 5.76 Å². The highest BCUT2D eigenvalue weighted by Crippen LogP contribution is 2.14. The molecule has 0 radical (unpaired) electrons. The number of furan rings is 1. The minimum Gasteiger partial charge on any atom is -0.475 e. The van der Waals surface area contributed by atoms with Gasteiger partial charge < -0.3 is 25.1 Å². The van der Waals surface area contributed by atoms with Crippen molar-refractivity contribution in [2.45, 2.75) is 19.5 Å². The van der Waals surface area contributed by atoms with E-state index in [1.54, 1.807) is 13.0 Å². The van der Waals surface area contributed by atoms with Crippen LogP contribution in [0.1, 0.15) is 21.9 Å². The Morgan fingerprint density at radius 2 is 2.12 bits per heavy atom. The van der Waals surface area contributed by atoms with Crippen molar-refractivity contribution in [3.05, 3.63) is 23.2 Å². The topological polar surface area (TPSA) is 103 Å². The van der Waals surface area contributed by atoms with Gasteiger partial charge in [-0.15, -0.1) is 0 Å². The van der Waals surface area contributed by atoms with Crippen LogP contribution >= 0.6 is 0 Å². The van der Waals surface area contributed by atoms with Crippen LogP contribution in [0, 0.1) is 6.92 Å². The third-order valence-electron chi connectivity index (χ3n) is 2.17. The second-order valence-electron chi connectivity index (χ2n) is 3.47. The standard InChI is InChI=1S/C10H15NO5/c1-6-2-8(16-9(6)10(14)15)3-11-7(4-12)5-13/h2,7,11-13H,3-5H2,1H3,(H,14,15). The van der Waals surface area contributed by atoms with Crippen LogP contribution in [0.3, 0.4) is 0 Å². The Bertz CT molecular complexity index is 356. The van der Waals surface area contributed by atoms with Crippen molar-refractivity contribution in [2.75, 3.05) is 13.2 Å². The monoisotopic (exact) mass is 229 g/mol. The molecule has 6 nitrogen and oxygen atoms in total. The van der Waals surface area contributed by atoms with Crippen molar-refractivity contribution < 1.29 is 24.5 Å². The van der Waals surface area contributed by atoms with E-state index in [9.17, 15) is 4.79 Å². The number of carboxylic acids is 1. The van der Waals surface area contributed by atoms with Gasteiger partial charge in [0.15, 0.2) is 0 Å². The third kappa shape index (κ3) is 3.06. The van der Waals surface area contributed by atoms with Crippen molar-refractivity contribution in [1.29, 1.82) is 0 Å². The van der Waals surface area contributed by atoms with E-state index in [0.717, 1.165) is 0 Å². The molecule has 6 heteroatoms. The van der Waals surface area contributed by atoms with Crippen molar-refractivity contribution in [3.63, 3.8) is 0 Å². The zero-order valence-corrected chi connectivity index (χ0v) is 8.93. The number of aryl methyl sites for hydroxylation is 1. The van der Waals surface area contributed by atoms with Gasteiger partial charge in [0.1, 0.15) is 5.76 Å². The first-order valence-corrected chi connectivity index (χ1v) is 4.86. The molecular weight excluding hydrogens is 214 g/mol. The Hall–Kier alpha value is -1.37. The molecular formula is C10H15NO5. The van der Waals surface area contributed by atoms with E-state index >= 15 is 0 Å². The summed E-state index contributed by atoms with van der Waals surface area (Å²) in [6, 6.07) is 1.18. The Balaban J connectivity index is 2.61. The van der Waals surface area contributed by atoms with Crippen molar-refractivity contribution in [1.82, 2.24) is 5.32 Å². The van der Waals surface area contributed by atoms with Gasteiger partial charge in [0, 0.05) is 5.56 Å². The summed E-state index contributed by atoms with van der Waals surface area (Å²) < 4.78 is 5.09. The SMILES string of the molecule is Cc1cc(CNC(CO)CO)oc1C(=O)O. The predicted octanol–water partition coefficient (Wildman–Crippen LogP) is -0.271. The van der Waals surface area contributed by atoms with Crippen molar-refractivity contribution >= 4 is 5.97 Å². The zero-order chi connectivity index (χ0) is 12.1. The fourth-order valence-electron chi connectivity index (χ4n) is 1.28. The van der Waals surface area contributed by atoms with Crippen LogP contribution in [-0.4, -0.2) is 40.5 Å². The lowest BCUT2D eigenvalue weighted by atomic mass is 10.2. The van der Waals surface area contributed by atoms with E-state index in [4.69, 9.17) is 19.7 Å². The molecule has 0 spiro atoms. The largest absolute Gasteiger partial charge is 0.475 e. The van der Waals surface area contributed by atoms with Gasteiger partial charge in [0.25, 0.3) is 0 Å². The number of carbonyl (C=O) groups is 1. The molecule has 4 N–H and O–H groups in total. The maximum atomic E-state index is 10.7. The predicted molar refractivity (Wildman–Crippen MR) is 55.2 cm³/mol. The molecule has 0 aliphatic heterocycles. The second-order valence-corrected chi connectivity index (χ2v) is 3.47. The van der Waals surface area contributed by atoms with E-state index < -0.39 is 12.0 Å². The number of aromatic carboxylic acids is 1. The Labute approximate surface area is 92.5 Å². The highest BCUT2D eigenvalue weighted by Gasteiger charge is 2.14. The molecule has 1 aromatic heterocycles. The number of hydrogen-bond acceptors (Lipinski definition) is 5. The van der Waals surface area contributed by atoms with Crippen LogP contribution in [0.15, 0.2) is 10.5 Å². The number of aliphatic hydroxyl groups excluding tert-OH is 2. The molecule has 0 saturated heterocycles. The fourth-order valence-corrected chi connectivity index (χ4v) is 1.28. The minimum atomic E-state index is -1.11.